The molecule has 0 saturated carbocycles. The summed E-state index contributed by atoms with van der Waals surface area (Å²) >= 11 is 0. The molecule has 0 aromatic rings. The van der Waals surface area contributed by atoms with Gasteiger partial charge in [0.2, 0.25) is 0 Å². The van der Waals surface area contributed by atoms with Crippen LogP contribution in [0.4, 0.5) is 0 Å². The largest absolute Gasteiger partial charge is 0.235 e. The van der Waals surface area contributed by atoms with E-state index in [4.69, 9.17) is 0 Å². The summed E-state index contributed by atoms with van der Waals surface area (Å²) in [6.45, 7) is 3.36. The zero-order valence-electron chi connectivity index (χ0n) is 6.82. The van der Waals surface area contributed by atoms with E-state index in [-0.39, 0.29) is 5.03 Å². The zero-order valence-corrected chi connectivity index (χ0v) is 6.82. The quantitative estimate of drug-likeness (QED) is 0.449. The molecule has 0 bridgehead atoms. The van der Waals surface area contributed by atoms with Crippen LogP contribution in [0.15, 0.2) is 0 Å². The Morgan fingerprint density at radius 2 is 2.45 bits per heavy atom. The topological polar surface area (TPSA) is 46.4 Å². The molecule has 1 heterocycles. The Kier molecular flexibility index (Phi) is 2.68. The maximum absolute atomic E-state index is 10.3. The highest BCUT2D eigenvalue weighted by atomic mass is 16.7. The summed E-state index contributed by atoms with van der Waals surface area (Å²) in [5, 5.41) is 11.4. The van der Waals surface area contributed by atoms with Gasteiger partial charge < -0.3 is 0 Å². The molecule has 1 aliphatic heterocycles. The van der Waals surface area contributed by atoms with Gasteiger partial charge in [-0.1, -0.05) is 13.3 Å². The first-order valence-corrected chi connectivity index (χ1v) is 4.13. The van der Waals surface area contributed by atoms with Crippen LogP contribution in [0.2, 0.25) is 0 Å². The van der Waals surface area contributed by atoms with Crippen LogP contribution in [-0.4, -0.2) is 23.1 Å². The van der Waals surface area contributed by atoms with E-state index >= 15 is 0 Å². The predicted molar refractivity (Wildman–Crippen MR) is 41.6 cm³/mol. The first-order valence-electron chi connectivity index (χ1n) is 4.13. The van der Waals surface area contributed by atoms with E-state index in [9.17, 15) is 10.1 Å². The normalized spacial score (nSPS) is 25.2. The number of piperidine rings is 1. The summed E-state index contributed by atoms with van der Waals surface area (Å²) in [7, 11) is 0. The lowest BCUT2D eigenvalue weighted by Crippen LogP contribution is -2.39. The molecule has 0 amide bonds. The molecule has 0 radical (unpaired) electrons. The minimum Gasteiger partial charge on any atom is -0.235 e. The van der Waals surface area contributed by atoms with Crippen LogP contribution >= 0.6 is 0 Å². The fraction of sp³-hybridized carbons (Fsp3) is 1.00. The van der Waals surface area contributed by atoms with Crippen molar-refractivity contribution in [3.05, 3.63) is 10.1 Å². The molecule has 0 spiro atoms. The Balaban J connectivity index is 2.39. The SMILES string of the molecule is CCC1CCCN([N+](=O)[O-])C1. The zero-order chi connectivity index (χ0) is 8.27. The van der Waals surface area contributed by atoms with Gasteiger partial charge in [0.25, 0.3) is 0 Å². The lowest BCUT2D eigenvalue weighted by atomic mass is 9.97. The molecule has 1 saturated heterocycles. The summed E-state index contributed by atoms with van der Waals surface area (Å²) in [5.41, 5.74) is 0. The van der Waals surface area contributed by atoms with Crippen molar-refractivity contribution in [2.75, 3.05) is 13.1 Å². The molecule has 1 atom stereocenters. The van der Waals surface area contributed by atoms with E-state index in [1.54, 1.807) is 0 Å². The van der Waals surface area contributed by atoms with Gasteiger partial charge in [-0.05, 0) is 18.8 Å². The number of hydrogen-bond acceptors (Lipinski definition) is 2. The summed E-state index contributed by atoms with van der Waals surface area (Å²) in [5.74, 6) is 0.536. The van der Waals surface area contributed by atoms with Crippen molar-refractivity contribution >= 4 is 0 Å². The molecule has 4 nitrogen and oxygen atoms in total. The highest BCUT2D eigenvalue weighted by Gasteiger charge is 2.23. The van der Waals surface area contributed by atoms with E-state index in [2.05, 4.69) is 6.92 Å². The third-order valence-electron chi connectivity index (χ3n) is 2.31. The third kappa shape index (κ3) is 2.06. The molecule has 0 aliphatic carbocycles. The molecule has 1 rings (SSSR count). The maximum atomic E-state index is 10.3. The second kappa shape index (κ2) is 3.55. The van der Waals surface area contributed by atoms with Gasteiger partial charge in [0, 0.05) is 0 Å². The van der Waals surface area contributed by atoms with Gasteiger partial charge in [-0.25, -0.2) is 10.1 Å². The molecule has 0 N–H and O–H groups in total. The lowest BCUT2D eigenvalue weighted by Gasteiger charge is -2.25. The second-order valence-corrected chi connectivity index (χ2v) is 3.07. The van der Waals surface area contributed by atoms with Gasteiger partial charge in [0.1, 0.15) is 0 Å². The fourth-order valence-electron chi connectivity index (χ4n) is 1.52. The molecular weight excluding hydrogens is 144 g/mol. The number of nitro groups is 1. The van der Waals surface area contributed by atoms with Crippen LogP contribution in [0.3, 0.4) is 0 Å². The average molecular weight is 158 g/mol. The van der Waals surface area contributed by atoms with Gasteiger partial charge in [-0.3, -0.25) is 0 Å². The van der Waals surface area contributed by atoms with Gasteiger partial charge in [-0.15, -0.1) is 5.01 Å². The predicted octanol–water partition coefficient (Wildman–Crippen LogP) is 1.30. The summed E-state index contributed by atoms with van der Waals surface area (Å²) in [6.07, 6.45) is 3.19. The summed E-state index contributed by atoms with van der Waals surface area (Å²) in [4.78, 5) is 10.3. The molecule has 0 aromatic heterocycles. The van der Waals surface area contributed by atoms with Crippen molar-refractivity contribution in [3.8, 4) is 0 Å². The molecule has 4 heteroatoms. The van der Waals surface area contributed by atoms with Gasteiger partial charge >= 0.3 is 0 Å². The Labute approximate surface area is 66.3 Å². The smallest absolute Gasteiger partial charge is 0.160 e. The van der Waals surface area contributed by atoms with Crippen LogP contribution in [0.5, 0.6) is 0 Å². The van der Waals surface area contributed by atoms with Crippen LogP contribution in [-0.2, 0) is 0 Å². The van der Waals surface area contributed by atoms with Crippen molar-refractivity contribution in [3.63, 3.8) is 0 Å². The van der Waals surface area contributed by atoms with E-state index in [0.717, 1.165) is 19.3 Å². The van der Waals surface area contributed by atoms with Crippen molar-refractivity contribution in [2.45, 2.75) is 26.2 Å². The van der Waals surface area contributed by atoms with E-state index in [0.29, 0.717) is 19.0 Å². The Morgan fingerprint density at radius 3 is 3.00 bits per heavy atom. The van der Waals surface area contributed by atoms with E-state index in [1.165, 1.54) is 5.01 Å². The van der Waals surface area contributed by atoms with Crippen LogP contribution in [0.1, 0.15) is 26.2 Å². The van der Waals surface area contributed by atoms with Gasteiger partial charge in [-0.2, -0.15) is 0 Å². The highest BCUT2D eigenvalue weighted by Crippen LogP contribution is 2.18. The molecule has 64 valence electrons. The monoisotopic (exact) mass is 158 g/mol. The first kappa shape index (κ1) is 8.30. The van der Waals surface area contributed by atoms with Gasteiger partial charge in [0.15, 0.2) is 5.03 Å². The van der Waals surface area contributed by atoms with E-state index in [1.807, 2.05) is 0 Å². The molecule has 1 unspecified atom stereocenters. The Bertz CT molecular complexity index is 149. The minimum atomic E-state index is -0.276. The molecule has 11 heavy (non-hydrogen) atoms. The highest BCUT2D eigenvalue weighted by molar-refractivity contribution is 4.66. The number of hydrazine groups is 1. The summed E-state index contributed by atoms with van der Waals surface area (Å²) in [6, 6.07) is 0. The van der Waals surface area contributed by atoms with Gasteiger partial charge in [0.05, 0.1) is 13.1 Å². The van der Waals surface area contributed by atoms with Crippen LogP contribution in [0, 0.1) is 16.0 Å². The van der Waals surface area contributed by atoms with Crippen molar-refractivity contribution < 1.29 is 5.03 Å². The lowest BCUT2D eigenvalue weighted by molar-refractivity contribution is -0.659. The molecule has 1 aliphatic rings. The van der Waals surface area contributed by atoms with Crippen molar-refractivity contribution in [1.29, 1.82) is 0 Å². The third-order valence-corrected chi connectivity index (χ3v) is 2.31. The van der Waals surface area contributed by atoms with Crippen molar-refractivity contribution in [1.82, 2.24) is 5.01 Å². The molecule has 1 fully saturated rings. The molecular formula is C7H14N2O2. The Morgan fingerprint density at radius 1 is 1.73 bits per heavy atom. The first-order chi connectivity index (χ1) is 5.24. The van der Waals surface area contributed by atoms with Crippen molar-refractivity contribution in [2.24, 2.45) is 5.92 Å². The standard InChI is InChI=1S/C7H14N2O2/c1-2-7-4-3-5-8(6-7)9(10)11/h7H,2-6H2,1H3. The number of hydrogen-bond donors (Lipinski definition) is 0. The minimum absolute atomic E-state index is 0.276. The fourth-order valence-corrected chi connectivity index (χ4v) is 1.52. The van der Waals surface area contributed by atoms with E-state index < -0.39 is 0 Å². The number of rotatable bonds is 2. The number of nitrogens with zero attached hydrogens (tertiary/aromatic N) is 2. The second-order valence-electron chi connectivity index (χ2n) is 3.07. The maximum Gasteiger partial charge on any atom is 0.160 e. The summed E-state index contributed by atoms with van der Waals surface area (Å²) < 4.78 is 0. The average Bonchev–Trinajstić information content (AvgIpc) is 2.05. The van der Waals surface area contributed by atoms with Crippen LogP contribution in [0.25, 0.3) is 0 Å². The van der Waals surface area contributed by atoms with Crippen LogP contribution < -0.4 is 0 Å². The molecule has 0 aromatic carbocycles. The Hall–Kier alpha value is -0.800.